The fourth-order valence-electron chi connectivity index (χ4n) is 2.14. The first-order valence-corrected chi connectivity index (χ1v) is 7.54. The summed E-state index contributed by atoms with van der Waals surface area (Å²) in [6.45, 7) is 6.25. The molecule has 4 nitrogen and oxygen atoms in total. The molecule has 0 unspecified atom stereocenters. The number of aryl methyl sites for hydroxylation is 1. The Kier molecular flexibility index (Phi) is 6.93. The van der Waals surface area contributed by atoms with Crippen molar-refractivity contribution in [3.63, 3.8) is 0 Å². The van der Waals surface area contributed by atoms with Crippen molar-refractivity contribution in [2.24, 2.45) is 18.0 Å². The Bertz CT molecular complexity index is 437. The summed E-state index contributed by atoms with van der Waals surface area (Å²) in [5.74, 6) is 1.67. The van der Waals surface area contributed by atoms with Crippen LogP contribution in [0, 0.1) is 5.92 Å². The van der Waals surface area contributed by atoms with Crippen molar-refractivity contribution in [2.75, 3.05) is 20.6 Å². The summed E-state index contributed by atoms with van der Waals surface area (Å²) in [6.07, 6.45) is 4.32. The third kappa shape index (κ3) is 5.45. The molecule has 0 spiro atoms. The van der Waals surface area contributed by atoms with Crippen LogP contribution in [0.4, 0.5) is 0 Å². The SMILES string of the molecule is CN=C(NCCCC(C)C)N(C)Cc1cc(Cl)cn1C. The second-order valence-corrected chi connectivity index (χ2v) is 6.06. The number of hydrogen-bond acceptors (Lipinski definition) is 1. The minimum Gasteiger partial charge on any atom is -0.356 e. The maximum atomic E-state index is 6.01. The molecule has 1 heterocycles. The van der Waals surface area contributed by atoms with E-state index in [4.69, 9.17) is 11.6 Å². The lowest BCUT2D eigenvalue weighted by molar-refractivity contribution is 0.457. The zero-order valence-corrected chi connectivity index (χ0v) is 14.0. The van der Waals surface area contributed by atoms with Crippen LogP contribution in [0.5, 0.6) is 0 Å². The van der Waals surface area contributed by atoms with Crippen LogP contribution in [0.15, 0.2) is 17.3 Å². The summed E-state index contributed by atoms with van der Waals surface area (Å²) in [7, 11) is 5.87. The second-order valence-electron chi connectivity index (χ2n) is 5.63. The summed E-state index contributed by atoms with van der Waals surface area (Å²) >= 11 is 6.01. The Morgan fingerprint density at radius 2 is 2.20 bits per heavy atom. The number of nitrogens with one attached hydrogen (secondary N) is 1. The average molecular weight is 299 g/mol. The zero-order chi connectivity index (χ0) is 15.1. The topological polar surface area (TPSA) is 32.6 Å². The number of hydrogen-bond donors (Lipinski definition) is 1. The second kappa shape index (κ2) is 8.20. The van der Waals surface area contributed by atoms with E-state index in [-0.39, 0.29) is 0 Å². The largest absolute Gasteiger partial charge is 0.356 e. The fourth-order valence-corrected chi connectivity index (χ4v) is 2.41. The van der Waals surface area contributed by atoms with Crippen LogP contribution in [0.2, 0.25) is 5.02 Å². The van der Waals surface area contributed by atoms with Gasteiger partial charge in [-0.05, 0) is 24.8 Å². The van der Waals surface area contributed by atoms with Gasteiger partial charge in [0.1, 0.15) is 0 Å². The van der Waals surface area contributed by atoms with Crippen LogP contribution in [0.25, 0.3) is 0 Å². The molecule has 0 fully saturated rings. The molecule has 0 saturated carbocycles. The maximum absolute atomic E-state index is 6.01. The van der Waals surface area contributed by atoms with Gasteiger partial charge in [-0.3, -0.25) is 4.99 Å². The predicted molar refractivity (Wildman–Crippen MR) is 87.3 cm³/mol. The van der Waals surface area contributed by atoms with Gasteiger partial charge in [0, 0.05) is 39.6 Å². The van der Waals surface area contributed by atoms with Gasteiger partial charge in [0.2, 0.25) is 0 Å². The molecule has 114 valence electrons. The van der Waals surface area contributed by atoms with Gasteiger partial charge in [0.15, 0.2) is 5.96 Å². The number of aromatic nitrogens is 1. The van der Waals surface area contributed by atoms with Crippen molar-refractivity contribution in [3.05, 3.63) is 23.0 Å². The molecule has 0 saturated heterocycles. The van der Waals surface area contributed by atoms with E-state index in [0.717, 1.165) is 30.0 Å². The standard InChI is InChI=1S/C15H27ClN4/c1-12(2)7-6-8-18-15(17-3)20(5)11-14-9-13(16)10-19(14)4/h9-10,12H,6-8,11H2,1-5H3,(H,17,18). The molecule has 0 aliphatic rings. The first-order chi connectivity index (χ1) is 9.43. The number of rotatable bonds is 6. The molecule has 1 aromatic rings. The van der Waals surface area contributed by atoms with E-state index < -0.39 is 0 Å². The molecule has 5 heteroatoms. The van der Waals surface area contributed by atoms with Gasteiger partial charge in [-0.1, -0.05) is 25.4 Å². The zero-order valence-electron chi connectivity index (χ0n) is 13.3. The highest BCUT2D eigenvalue weighted by Crippen LogP contribution is 2.14. The van der Waals surface area contributed by atoms with Crippen molar-refractivity contribution in [1.29, 1.82) is 0 Å². The number of halogens is 1. The maximum Gasteiger partial charge on any atom is 0.193 e. The van der Waals surface area contributed by atoms with Crippen LogP contribution >= 0.6 is 11.6 Å². The summed E-state index contributed by atoms with van der Waals surface area (Å²) in [5.41, 5.74) is 1.17. The van der Waals surface area contributed by atoms with Gasteiger partial charge >= 0.3 is 0 Å². The molecule has 1 N–H and O–H groups in total. The van der Waals surface area contributed by atoms with Crippen molar-refractivity contribution >= 4 is 17.6 Å². The molecule has 20 heavy (non-hydrogen) atoms. The molecule has 0 bridgehead atoms. The van der Waals surface area contributed by atoms with Gasteiger partial charge in [0.25, 0.3) is 0 Å². The van der Waals surface area contributed by atoms with Gasteiger partial charge in [-0.15, -0.1) is 0 Å². The van der Waals surface area contributed by atoms with E-state index in [1.54, 1.807) is 0 Å². The quantitative estimate of drug-likeness (QED) is 0.497. The smallest absolute Gasteiger partial charge is 0.193 e. The van der Waals surface area contributed by atoms with E-state index in [9.17, 15) is 0 Å². The summed E-state index contributed by atoms with van der Waals surface area (Å²) in [4.78, 5) is 6.44. The summed E-state index contributed by atoms with van der Waals surface area (Å²) < 4.78 is 2.05. The molecule has 0 aliphatic heterocycles. The lowest BCUT2D eigenvalue weighted by Crippen LogP contribution is -2.39. The Balaban J connectivity index is 2.47. The highest BCUT2D eigenvalue weighted by atomic mass is 35.5. The van der Waals surface area contributed by atoms with Gasteiger partial charge < -0.3 is 14.8 Å². The van der Waals surface area contributed by atoms with E-state index in [1.165, 1.54) is 18.5 Å². The molecule has 0 amide bonds. The van der Waals surface area contributed by atoms with E-state index in [1.807, 2.05) is 38.0 Å². The first kappa shape index (κ1) is 16.9. The van der Waals surface area contributed by atoms with Crippen LogP contribution in [-0.2, 0) is 13.6 Å². The molecule has 0 radical (unpaired) electrons. The third-order valence-corrected chi connectivity index (χ3v) is 3.50. The lowest BCUT2D eigenvalue weighted by atomic mass is 10.1. The van der Waals surface area contributed by atoms with Gasteiger partial charge in [-0.25, -0.2) is 0 Å². The van der Waals surface area contributed by atoms with Crippen molar-refractivity contribution in [1.82, 2.24) is 14.8 Å². The molecule has 0 aliphatic carbocycles. The average Bonchev–Trinajstić information content (AvgIpc) is 2.67. The molecular weight excluding hydrogens is 272 g/mol. The van der Waals surface area contributed by atoms with Gasteiger partial charge in [-0.2, -0.15) is 0 Å². The third-order valence-electron chi connectivity index (χ3n) is 3.29. The fraction of sp³-hybridized carbons (Fsp3) is 0.667. The minimum absolute atomic E-state index is 0.752. The predicted octanol–water partition coefficient (Wildman–Crippen LogP) is 3.12. The highest BCUT2D eigenvalue weighted by molar-refractivity contribution is 6.30. The van der Waals surface area contributed by atoms with Crippen LogP contribution < -0.4 is 5.32 Å². The molecule has 1 aromatic heterocycles. The Morgan fingerprint density at radius 1 is 1.50 bits per heavy atom. The first-order valence-electron chi connectivity index (χ1n) is 7.16. The van der Waals surface area contributed by atoms with Crippen LogP contribution in [0.3, 0.4) is 0 Å². The number of guanidine groups is 1. The normalized spacial score (nSPS) is 12.1. The van der Waals surface area contributed by atoms with Crippen molar-refractivity contribution in [3.8, 4) is 0 Å². The van der Waals surface area contributed by atoms with Crippen LogP contribution in [0.1, 0.15) is 32.4 Å². The molecule has 0 atom stereocenters. The van der Waals surface area contributed by atoms with E-state index in [0.29, 0.717) is 0 Å². The number of nitrogens with zero attached hydrogens (tertiary/aromatic N) is 3. The minimum atomic E-state index is 0.752. The van der Waals surface area contributed by atoms with Crippen LogP contribution in [-0.4, -0.2) is 36.1 Å². The summed E-state index contributed by atoms with van der Waals surface area (Å²) in [5, 5.41) is 4.18. The Hall–Kier alpha value is -1.16. The lowest BCUT2D eigenvalue weighted by Gasteiger charge is -2.22. The van der Waals surface area contributed by atoms with Crippen molar-refractivity contribution in [2.45, 2.75) is 33.2 Å². The van der Waals surface area contributed by atoms with Crippen molar-refractivity contribution < 1.29 is 0 Å². The Morgan fingerprint density at radius 3 is 2.70 bits per heavy atom. The molecule has 0 aromatic carbocycles. The number of aliphatic imine (C=N–C) groups is 1. The monoisotopic (exact) mass is 298 g/mol. The summed E-state index contributed by atoms with van der Waals surface area (Å²) in [6, 6.07) is 1.99. The highest BCUT2D eigenvalue weighted by Gasteiger charge is 2.09. The molecular formula is C15H27ClN4. The van der Waals surface area contributed by atoms with E-state index >= 15 is 0 Å². The van der Waals surface area contributed by atoms with E-state index in [2.05, 4.69) is 29.1 Å². The Labute approximate surface area is 127 Å². The molecule has 1 rings (SSSR count). The van der Waals surface area contributed by atoms with Gasteiger partial charge in [0.05, 0.1) is 11.6 Å².